The van der Waals surface area contributed by atoms with Gasteiger partial charge in [-0.25, -0.2) is 4.98 Å². The standard InChI is InChI=1S/C20H20N4O3S/c1-2-14-6-5-9-17-18(14)21-20(28-17)23-12-10-22(11-13-23)19(25)15-7-3-4-8-16(15)24(26)27/h3-9H,2,10-13H2,1H3. The van der Waals surface area contributed by atoms with Crippen molar-refractivity contribution >= 4 is 38.3 Å². The second-order valence-electron chi connectivity index (χ2n) is 6.67. The smallest absolute Gasteiger partial charge is 0.282 e. The van der Waals surface area contributed by atoms with Gasteiger partial charge in [0.15, 0.2) is 5.13 Å². The Morgan fingerprint density at radius 3 is 2.61 bits per heavy atom. The van der Waals surface area contributed by atoms with Crippen LogP contribution in [0.5, 0.6) is 0 Å². The number of para-hydroxylation sites is 2. The summed E-state index contributed by atoms with van der Waals surface area (Å²) in [7, 11) is 0. The average Bonchev–Trinajstić information content (AvgIpc) is 3.17. The maximum Gasteiger partial charge on any atom is 0.282 e. The van der Waals surface area contributed by atoms with E-state index in [1.807, 2.05) is 0 Å². The highest BCUT2D eigenvalue weighted by Gasteiger charge is 2.28. The lowest BCUT2D eigenvalue weighted by atomic mass is 10.1. The monoisotopic (exact) mass is 396 g/mol. The second kappa shape index (κ2) is 7.55. The number of carbonyl (C=O) groups excluding carboxylic acids is 1. The van der Waals surface area contributed by atoms with E-state index in [0.717, 1.165) is 17.1 Å². The van der Waals surface area contributed by atoms with E-state index >= 15 is 0 Å². The van der Waals surface area contributed by atoms with Gasteiger partial charge in [0, 0.05) is 32.2 Å². The number of thiazole rings is 1. The molecule has 0 bridgehead atoms. The fourth-order valence-corrected chi connectivity index (χ4v) is 4.56. The van der Waals surface area contributed by atoms with Crippen LogP contribution >= 0.6 is 11.3 Å². The Morgan fingerprint density at radius 2 is 1.89 bits per heavy atom. The Hall–Kier alpha value is -3.00. The highest BCUT2D eigenvalue weighted by Crippen LogP contribution is 2.31. The lowest BCUT2D eigenvalue weighted by Gasteiger charge is -2.34. The molecule has 4 rings (SSSR count). The fourth-order valence-electron chi connectivity index (χ4n) is 3.50. The van der Waals surface area contributed by atoms with E-state index < -0.39 is 4.92 Å². The van der Waals surface area contributed by atoms with Crippen molar-refractivity contribution in [2.45, 2.75) is 13.3 Å². The van der Waals surface area contributed by atoms with Gasteiger partial charge in [0.05, 0.1) is 15.1 Å². The largest absolute Gasteiger partial charge is 0.345 e. The molecular weight excluding hydrogens is 376 g/mol. The number of aromatic nitrogens is 1. The first-order chi connectivity index (χ1) is 13.6. The summed E-state index contributed by atoms with van der Waals surface area (Å²) < 4.78 is 1.17. The number of hydrogen-bond acceptors (Lipinski definition) is 6. The molecule has 1 saturated heterocycles. The first kappa shape index (κ1) is 18.4. The number of carbonyl (C=O) groups is 1. The number of nitrogens with zero attached hydrogens (tertiary/aromatic N) is 4. The van der Waals surface area contributed by atoms with Gasteiger partial charge in [0.2, 0.25) is 0 Å². The summed E-state index contributed by atoms with van der Waals surface area (Å²) in [5.41, 5.74) is 2.30. The average molecular weight is 396 g/mol. The summed E-state index contributed by atoms with van der Waals surface area (Å²) in [6.07, 6.45) is 0.943. The molecule has 1 aromatic heterocycles. The maximum atomic E-state index is 12.8. The molecule has 7 nitrogen and oxygen atoms in total. The Kier molecular flexibility index (Phi) is 4.95. The van der Waals surface area contributed by atoms with Crippen molar-refractivity contribution in [3.8, 4) is 0 Å². The molecule has 0 radical (unpaired) electrons. The van der Waals surface area contributed by atoms with E-state index in [1.54, 1.807) is 28.4 Å². The van der Waals surface area contributed by atoms with Crippen LogP contribution in [0.2, 0.25) is 0 Å². The first-order valence-electron chi connectivity index (χ1n) is 9.24. The number of amides is 1. The van der Waals surface area contributed by atoms with Crippen molar-refractivity contribution in [2.75, 3.05) is 31.1 Å². The minimum Gasteiger partial charge on any atom is -0.345 e. The van der Waals surface area contributed by atoms with Crippen molar-refractivity contribution in [2.24, 2.45) is 0 Å². The summed E-state index contributed by atoms with van der Waals surface area (Å²) in [6.45, 7) is 4.48. The van der Waals surface area contributed by atoms with Gasteiger partial charge in [0.25, 0.3) is 11.6 Å². The summed E-state index contributed by atoms with van der Waals surface area (Å²) in [5, 5.41) is 12.2. The number of fused-ring (bicyclic) bond motifs is 1. The molecule has 0 unspecified atom stereocenters. The molecule has 28 heavy (non-hydrogen) atoms. The van der Waals surface area contributed by atoms with Crippen LogP contribution in [0.1, 0.15) is 22.8 Å². The SMILES string of the molecule is CCc1cccc2sc(N3CCN(C(=O)c4ccccc4[N+](=O)[O-])CC3)nc12. The molecule has 3 aromatic rings. The molecule has 0 saturated carbocycles. The van der Waals surface area contributed by atoms with Crippen molar-refractivity contribution in [3.05, 3.63) is 63.7 Å². The van der Waals surface area contributed by atoms with Crippen molar-refractivity contribution in [1.82, 2.24) is 9.88 Å². The van der Waals surface area contributed by atoms with Crippen LogP contribution < -0.4 is 4.90 Å². The lowest BCUT2D eigenvalue weighted by molar-refractivity contribution is -0.385. The van der Waals surface area contributed by atoms with Gasteiger partial charge in [-0.05, 0) is 24.1 Å². The molecule has 1 aliphatic heterocycles. The highest BCUT2D eigenvalue weighted by molar-refractivity contribution is 7.22. The number of piperazine rings is 1. The lowest BCUT2D eigenvalue weighted by Crippen LogP contribution is -2.48. The molecule has 0 spiro atoms. The number of hydrogen-bond donors (Lipinski definition) is 0. The number of rotatable bonds is 4. The van der Waals surface area contributed by atoms with Gasteiger partial charge in [-0.3, -0.25) is 14.9 Å². The molecule has 2 heterocycles. The van der Waals surface area contributed by atoms with Gasteiger partial charge in [-0.2, -0.15) is 0 Å². The molecule has 0 atom stereocenters. The zero-order valence-electron chi connectivity index (χ0n) is 15.5. The minimum atomic E-state index is -0.504. The molecule has 1 fully saturated rings. The topological polar surface area (TPSA) is 79.6 Å². The second-order valence-corrected chi connectivity index (χ2v) is 7.68. The normalized spacial score (nSPS) is 14.5. The van der Waals surface area contributed by atoms with Crippen molar-refractivity contribution < 1.29 is 9.72 Å². The van der Waals surface area contributed by atoms with Crippen LogP contribution in [-0.4, -0.2) is 46.9 Å². The molecule has 0 N–H and O–H groups in total. The van der Waals surface area contributed by atoms with E-state index in [2.05, 4.69) is 30.0 Å². The molecule has 1 aliphatic rings. The number of benzene rings is 2. The van der Waals surface area contributed by atoms with Gasteiger partial charge < -0.3 is 9.80 Å². The van der Waals surface area contributed by atoms with Crippen molar-refractivity contribution in [1.29, 1.82) is 0 Å². The Labute approximate surface area is 166 Å². The Bertz CT molecular complexity index is 1040. The van der Waals surface area contributed by atoms with Crippen LogP contribution in [0.4, 0.5) is 10.8 Å². The van der Waals surface area contributed by atoms with E-state index in [0.29, 0.717) is 26.2 Å². The third-order valence-corrected chi connectivity index (χ3v) is 6.12. The van der Waals surface area contributed by atoms with E-state index in [1.165, 1.54) is 22.4 Å². The van der Waals surface area contributed by atoms with Crippen LogP contribution in [0, 0.1) is 10.1 Å². The molecule has 0 aliphatic carbocycles. The number of nitro groups is 1. The van der Waals surface area contributed by atoms with Gasteiger partial charge in [-0.15, -0.1) is 0 Å². The third-order valence-electron chi connectivity index (χ3n) is 5.04. The van der Waals surface area contributed by atoms with E-state index in [4.69, 9.17) is 4.98 Å². The van der Waals surface area contributed by atoms with Crippen LogP contribution in [-0.2, 0) is 6.42 Å². The quantitative estimate of drug-likeness (QED) is 0.496. The Balaban J connectivity index is 1.49. The zero-order chi connectivity index (χ0) is 19.7. The predicted octanol–water partition coefficient (Wildman–Crippen LogP) is 3.73. The summed E-state index contributed by atoms with van der Waals surface area (Å²) in [5.74, 6) is -0.287. The maximum absolute atomic E-state index is 12.8. The molecule has 2 aromatic carbocycles. The summed E-state index contributed by atoms with van der Waals surface area (Å²) in [4.78, 5) is 32.2. The predicted molar refractivity (Wildman–Crippen MR) is 110 cm³/mol. The van der Waals surface area contributed by atoms with Crippen LogP contribution in [0.15, 0.2) is 42.5 Å². The van der Waals surface area contributed by atoms with E-state index in [-0.39, 0.29) is 17.2 Å². The van der Waals surface area contributed by atoms with Gasteiger partial charge >= 0.3 is 0 Å². The first-order valence-corrected chi connectivity index (χ1v) is 10.1. The van der Waals surface area contributed by atoms with Crippen LogP contribution in [0.3, 0.4) is 0 Å². The van der Waals surface area contributed by atoms with Gasteiger partial charge in [0.1, 0.15) is 5.56 Å². The van der Waals surface area contributed by atoms with Crippen molar-refractivity contribution in [3.63, 3.8) is 0 Å². The van der Waals surface area contributed by atoms with E-state index in [9.17, 15) is 14.9 Å². The fraction of sp³-hybridized carbons (Fsp3) is 0.300. The molecule has 144 valence electrons. The zero-order valence-corrected chi connectivity index (χ0v) is 16.3. The van der Waals surface area contributed by atoms with Gasteiger partial charge in [-0.1, -0.05) is 42.5 Å². The summed E-state index contributed by atoms with van der Waals surface area (Å²) >= 11 is 1.67. The molecule has 8 heteroatoms. The number of nitro benzene ring substituents is 1. The third kappa shape index (κ3) is 3.31. The summed E-state index contributed by atoms with van der Waals surface area (Å²) in [6, 6.07) is 12.4. The molecular formula is C20H20N4O3S. The molecule has 1 amide bonds. The number of anilines is 1. The highest BCUT2D eigenvalue weighted by atomic mass is 32.1. The minimum absolute atomic E-state index is 0.145. The number of aryl methyl sites for hydroxylation is 1. The Morgan fingerprint density at radius 1 is 1.14 bits per heavy atom. The van der Waals surface area contributed by atoms with Crippen LogP contribution in [0.25, 0.3) is 10.2 Å².